The van der Waals surface area contributed by atoms with E-state index >= 15 is 0 Å². The molecule has 0 spiro atoms. The van der Waals surface area contributed by atoms with Crippen molar-refractivity contribution in [1.82, 2.24) is 20.4 Å². The molecule has 3 rings (SSSR count). The third kappa shape index (κ3) is 8.14. The van der Waals surface area contributed by atoms with Crippen molar-refractivity contribution in [3.05, 3.63) is 30.3 Å². The molecule has 2 N–H and O–H groups in total. The molecule has 2 aliphatic heterocycles. The normalized spacial score (nSPS) is 18.5. The van der Waals surface area contributed by atoms with Crippen LogP contribution < -0.4 is 15.5 Å². The number of nitrogens with one attached hydrogen (secondary N) is 2. The van der Waals surface area contributed by atoms with E-state index in [1.54, 1.807) is 7.05 Å². The summed E-state index contributed by atoms with van der Waals surface area (Å²) >= 11 is 0. The summed E-state index contributed by atoms with van der Waals surface area (Å²) in [5.41, 5.74) is 1.33. The molecule has 7 nitrogen and oxygen atoms in total. The van der Waals surface area contributed by atoms with Crippen LogP contribution in [0.3, 0.4) is 0 Å². The molecule has 0 aromatic heterocycles. The number of piperidine rings is 1. The molecule has 31 heavy (non-hydrogen) atoms. The predicted molar refractivity (Wildman–Crippen MR) is 139 cm³/mol. The first-order valence-corrected chi connectivity index (χ1v) is 11.4. The van der Waals surface area contributed by atoms with Crippen LogP contribution in [0.25, 0.3) is 0 Å². The average molecular weight is 543 g/mol. The van der Waals surface area contributed by atoms with Gasteiger partial charge in [0.2, 0.25) is 5.91 Å². The van der Waals surface area contributed by atoms with Crippen LogP contribution in [0.1, 0.15) is 25.7 Å². The van der Waals surface area contributed by atoms with Gasteiger partial charge in [0.1, 0.15) is 0 Å². The zero-order chi connectivity index (χ0) is 21.2. The number of likely N-dealkylation sites (tertiary alicyclic amines) is 1. The highest BCUT2D eigenvalue weighted by molar-refractivity contribution is 14.0. The lowest BCUT2D eigenvalue weighted by Crippen LogP contribution is -2.48. The maximum absolute atomic E-state index is 11.6. The summed E-state index contributed by atoms with van der Waals surface area (Å²) in [6.07, 6.45) is 3.88. The van der Waals surface area contributed by atoms with Crippen LogP contribution >= 0.6 is 24.0 Å². The standard InChI is InChI=1S/C23H38N6O.HI/c1-24-22(30)19-20-9-13-29(14-10-20)23(25-2)26-11-6-12-27-15-17-28(18-16-27)21-7-4-3-5-8-21;/h3-5,7-8,20H,6,9-19H2,1-2H3,(H,24,30)(H,25,26);1H. The Balaban J connectivity index is 0.00000341. The fourth-order valence-corrected chi connectivity index (χ4v) is 4.42. The van der Waals surface area contributed by atoms with Crippen molar-refractivity contribution in [2.24, 2.45) is 10.9 Å². The van der Waals surface area contributed by atoms with Gasteiger partial charge in [-0.25, -0.2) is 0 Å². The minimum absolute atomic E-state index is 0. The van der Waals surface area contributed by atoms with E-state index in [-0.39, 0.29) is 29.9 Å². The number of anilines is 1. The van der Waals surface area contributed by atoms with Gasteiger partial charge in [-0.05, 0) is 43.9 Å². The first-order chi connectivity index (χ1) is 14.7. The predicted octanol–water partition coefficient (Wildman–Crippen LogP) is 2.24. The lowest BCUT2D eigenvalue weighted by atomic mass is 9.93. The van der Waals surface area contributed by atoms with E-state index in [1.807, 2.05) is 7.05 Å². The van der Waals surface area contributed by atoms with E-state index in [9.17, 15) is 4.79 Å². The second kappa shape index (κ2) is 13.8. The molecule has 2 heterocycles. The van der Waals surface area contributed by atoms with E-state index < -0.39 is 0 Å². The largest absolute Gasteiger partial charge is 0.369 e. The van der Waals surface area contributed by atoms with Crippen LogP contribution in [0.15, 0.2) is 35.3 Å². The minimum Gasteiger partial charge on any atom is -0.369 e. The molecule has 1 aromatic rings. The number of hydrogen-bond acceptors (Lipinski definition) is 4. The van der Waals surface area contributed by atoms with Gasteiger partial charge in [-0.2, -0.15) is 0 Å². The topological polar surface area (TPSA) is 63.2 Å². The van der Waals surface area contributed by atoms with E-state index in [0.717, 1.165) is 77.6 Å². The van der Waals surface area contributed by atoms with E-state index in [4.69, 9.17) is 0 Å². The number of piperazine rings is 1. The number of para-hydroxylation sites is 1. The Kier molecular flexibility index (Phi) is 11.4. The van der Waals surface area contributed by atoms with E-state index in [1.165, 1.54) is 5.69 Å². The van der Waals surface area contributed by atoms with Crippen LogP contribution in [0.2, 0.25) is 0 Å². The molecule has 8 heteroatoms. The van der Waals surface area contributed by atoms with Gasteiger partial charge in [-0.15, -0.1) is 24.0 Å². The van der Waals surface area contributed by atoms with Crippen molar-refractivity contribution in [1.29, 1.82) is 0 Å². The zero-order valence-corrected chi connectivity index (χ0v) is 21.4. The third-order valence-corrected chi connectivity index (χ3v) is 6.31. The highest BCUT2D eigenvalue weighted by Crippen LogP contribution is 2.20. The Labute approximate surface area is 204 Å². The lowest BCUT2D eigenvalue weighted by Gasteiger charge is -2.36. The van der Waals surface area contributed by atoms with Gasteiger partial charge in [-0.1, -0.05) is 18.2 Å². The maximum atomic E-state index is 11.6. The second-order valence-corrected chi connectivity index (χ2v) is 8.30. The second-order valence-electron chi connectivity index (χ2n) is 8.30. The summed E-state index contributed by atoms with van der Waals surface area (Å²) in [5, 5.41) is 6.27. The highest BCUT2D eigenvalue weighted by atomic mass is 127. The van der Waals surface area contributed by atoms with Crippen molar-refractivity contribution < 1.29 is 4.79 Å². The zero-order valence-electron chi connectivity index (χ0n) is 19.1. The monoisotopic (exact) mass is 542 g/mol. The molecule has 0 saturated carbocycles. The van der Waals surface area contributed by atoms with Crippen molar-refractivity contribution in [3.63, 3.8) is 0 Å². The van der Waals surface area contributed by atoms with Gasteiger partial charge < -0.3 is 20.4 Å². The van der Waals surface area contributed by atoms with Crippen LogP contribution in [-0.2, 0) is 4.79 Å². The lowest BCUT2D eigenvalue weighted by molar-refractivity contribution is -0.121. The summed E-state index contributed by atoms with van der Waals surface area (Å²) in [5.74, 6) is 1.65. The number of amides is 1. The molecule has 0 unspecified atom stereocenters. The van der Waals surface area contributed by atoms with Gasteiger partial charge >= 0.3 is 0 Å². The van der Waals surface area contributed by atoms with Crippen LogP contribution in [0, 0.1) is 5.92 Å². The third-order valence-electron chi connectivity index (χ3n) is 6.31. The van der Waals surface area contributed by atoms with Gasteiger partial charge in [-0.3, -0.25) is 14.7 Å². The number of benzene rings is 1. The minimum atomic E-state index is 0. The molecule has 0 bridgehead atoms. The molecular weight excluding hydrogens is 503 g/mol. The first kappa shape index (κ1) is 25.7. The Morgan fingerprint density at radius 3 is 2.35 bits per heavy atom. The van der Waals surface area contributed by atoms with Crippen molar-refractivity contribution in [2.75, 3.05) is 71.4 Å². The first-order valence-electron chi connectivity index (χ1n) is 11.4. The highest BCUT2D eigenvalue weighted by Gasteiger charge is 2.23. The summed E-state index contributed by atoms with van der Waals surface area (Å²) in [6, 6.07) is 10.7. The Hall–Kier alpha value is -1.55. The van der Waals surface area contributed by atoms with Crippen molar-refractivity contribution in [2.45, 2.75) is 25.7 Å². The molecule has 0 atom stereocenters. The fourth-order valence-electron chi connectivity index (χ4n) is 4.42. The number of halogens is 1. The summed E-state index contributed by atoms with van der Waals surface area (Å²) in [4.78, 5) is 23.4. The van der Waals surface area contributed by atoms with Crippen molar-refractivity contribution >= 4 is 41.5 Å². The molecule has 1 aromatic carbocycles. The molecule has 2 aliphatic rings. The molecule has 2 saturated heterocycles. The summed E-state index contributed by atoms with van der Waals surface area (Å²) in [7, 11) is 3.58. The molecule has 2 fully saturated rings. The summed E-state index contributed by atoms with van der Waals surface area (Å²) < 4.78 is 0. The van der Waals surface area contributed by atoms with Crippen LogP contribution in [0.4, 0.5) is 5.69 Å². The molecule has 1 amide bonds. The molecular formula is C23H39IN6O. The van der Waals surface area contributed by atoms with Crippen LogP contribution in [-0.4, -0.2) is 88.1 Å². The van der Waals surface area contributed by atoms with Gasteiger partial charge in [0.05, 0.1) is 0 Å². The number of hydrogen-bond donors (Lipinski definition) is 2. The number of rotatable bonds is 7. The summed E-state index contributed by atoms with van der Waals surface area (Å²) in [6.45, 7) is 8.48. The SMILES string of the molecule is CN=C(NCCCN1CCN(c2ccccc2)CC1)N1CCC(CC(=O)NC)CC1.I. The Bertz CT molecular complexity index is 670. The van der Waals surface area contributed by atoms with Crippen LogP contribution in [0.5, 0.6) is 0 Å². The van der Waals surface area contributed by atoms with Gasteiger partial charge in [0, 0.05) is 72.0 Å². The number of nitrogens with zero attached hydrogens (tertiary/aromatic N) is 4. The number of aliphatic imine (C=N–C) groups is 1. The molecule has 174 valence electrons. The van der Waals surface area contributed by atoms with Gasteiger partial charge in [0.25, 0.3) is 0 Å². The quantitative estimate of drug-likeness (QED) is 0.240. The molecule has 0 aliphatic carbocycles. The Morgan fingerprint density at radius 2 is 1.74 bits per heavy atom. The maximum Gasteiger partial charge on any atom is 0.220 e. The molecule has 0 radical (unpaired) electrons. The van der Waals surface area contributed by atoms with Gasteiger partial charge in [0.15, 0.2) is 5.96 Å². The average Bonchev–Trinajstić information content (AvgIpc) is 2.81. The van der Waals surface area contributed by atoms with E-state index in [0.29, 0.717) is 12.3 Å². The van der Waals surface area contributed by atoms with E-state index in [2.05, 4.69) is 60.7 Å². The number of carbonyl (C=O) groups is 1. The van der Waals surface area contributed by atoms with Crippen molar-refractivity contribution in [3.8, 4) is 0 Å². The number of guanidine groups is 1. The fraction of sp³-hybridized carbons (Fsp3) is 0.652. The Morgan fingerprint density at radius 1 is 1.06 bits per heavy atom. The number of carbonyl (C=O) groups excluding carboxylic acids is 1. The smallest absolute Gasteiger partial charge is 0.220 e.